The van der Waals surface area contributed by atoms with Gasteiger partial charge in [0.25, 0.3) is 0 Å². The van der Waals surface area contributed by atoms with E-state index >= 15 is 0 Å². The Morgan fingerprint density at radius 1 is 1.00 bits per heavy atom. The summed E-state index contributed by atoms with van der Waals surface area (Å²) in [5.74, 6) is 0.291. The van der Waals surface area contributed by atoms with Crippen LogP contribution in [0.1, 0.15) is 11.1 Å². The SMILES string of the molecule is NC(Cc1ccc(O)cc1)Cc1cccc(Br)c1. The number of phenols is 1. The van der Waals surface area contributed by atoms with E-state index in [9.17, 15) is 5.11 Å². The quantitative estimate of drug-likeness (QED) is 0.910. The summed E-state index contributed by atoms with van der Waals surface area (Å²) in [6, 6.07) is 15.5. The Labute approximate surface area is 116 Å². The van der Waals surface area contributed by atoms with Crippen LogP contribution in [-0.4, -0.2) is 11.1 Å². The van der Waals surface area contributed by atoms with Crippen molar-refractivity contribution in [1.29, 1.82) is 0 Å². The van der Waals surface area contributed by atoms with E-state index < -0.39 is 0 Å². The van der Waals surface area contributed by atoms with E-state index in [0.717, 1.165) is 22.9 Å². The topological polar surface area (TPSA) is 46.2 Å². The molecule has 3 heteroatoms. The molecule has 0 bridgehead atoms. The molecule has 1 atom stereocenters. The monoisotopic (exact) mass is 305 g/mol. The Balaban J connectivity index is 1.96. The summed E-state index contributed by atoms with van der Waals surface area (Å²) in [6.45, 7) is 0. The van der Waals surface area contributed by atoms with Crippen molar-refractivity contribution in [1.82, 2.24) is 0 Å². The van der Waals surface area contributed by atoms with Gasteiger partial charge in [-0.3, -0.25) is 0 Å². The van der Waals surface area contributed by atoms with Gasteiger partial charge in [0.05, 0.1) is 0 Å². The molecule has 1 unspecified atom stereocenters. The highest BCUT2D eigenvalue weighted by atomic mass is 79.9. The largest absolute Gasteiger partial charge is 0.508 e. The first kappa shape index (κ1) is 13.1. The van der Waals surface area contributed by atoms with Gasteiger partial charge in [0.1, 0.15) is 5.75 Å². The minimum atomic E-state index is 0.0869. The van der Waals surface area contributed by atoms with Crippen LogP contribution in [0.3, 0.4) is 0 Å². The Morgan fingerprint density at radius 3 is 2.33 bits per heavy atom. The summed E-state index contributed by atoms with van der Waals surface area (Å²) in [7, 11) is 0. The second-order valence-electron chi connectivity index (χ2n) is 4.46. The third kappa shape index (κ3) is 3.86. The molecular formula is C15H16BrNO. The molecule has 0 saturated heterocycles. The summed E-state index contributed by atoms with van der Waals surface area (Å²) in [4.78, 5) is 0. The molecule has 94 valence electrons. The van der Waals surface area contributed by atoms with E-state index in [1.54, 1.807) is 12.1 Å². The van der Waals surface area contributed by atoms with Crippen molar-refractivity contribution in [2.24, 2.45) is 5.73 Å². The third-order valence-corrected chi connectivity index (χ3v) is 3.31. The molecule has 0 aromatic heterocycles. The van der Waals surface area contributed by atoms with Crippen LogP contribution in [0.5, 0.6) is 5.75 Å². The number of benzene rings is 2. The maximum Gasteiger partial charge on any atom is 0.115 e. The molecule has 0 radical (unpaired) electrons. The van der Waals surface area contributed by atoms with E-state index in [2.05, 4.69) is 28.1 Å². The fourth-order valence-electron chi connectivity index (χ4n) is 1.97. The van der Waals surface area contributed by atoms with E-state index in [0.29, 0.717) is 5.75 Å². The molecule has 0 aliphatic rings. The molecule has 0 saturated carbocycles. The Morgan fingerprint density at radius 2 is 1.67 bits per heavy atom. The molecule has 0 aliphatic heterocycles. The molecule has 2 rings (SSSR count). The van der Waals surface area contributed by atoms with Crippen LogP contribution in [0.25, 0.3) is 0 Å². The van der Waals surface area contributed by atoms with Crippen LogP contribution in [0.4, 0.5) is 0 Å². The average molecular weight is 306 g/mol. The lowest BCUT2D eigenvalue weighted by molar-refractivity contribution is 0.475. The van der Waals surface area contributed by atoms with E-state index in [4.69, 9.17) is 5.73 Å². The van der Waals surface area contributed by atoms with Crippen molar-refractivity contribution in [3.05, 3.63) is 64.1 Å². The highest BCUT2D eigenvalue weighted by Gasteiger charge is 2.06. The van der Waals surface area contributed by atoms with Gasteiger partial charge in [-0.05, 0) is 48.2 Å². The molecule has 0 fully saturated rings. The Bertz CT molecular complexity index is 510. The van der Waals surface area contributed by atoms with Crippen molar-refractivity contribution in [3.8, 4) is 5.75 Å². The summed E-state index contributed by atoms with van der Waals surface area (Å²) < 4.78 is 1.08. The van der Waals surface area contributed by atoms with Gasteiger partial charge in [-0.25, -0.2) is 0 Å². The normalized spacial score (nSPS) is 12.3. The summed E-state index contributed by atoms with van der Waals surface area (Å²) in [6.07, 6.45) is 1.66. The van der Waals surface area contributed by atoms with Crippen molar-refractivity contribution in [2.75, 3.05) is 0 Å². The molecule has 2 nitrogen and oxygen atoms in total. The predicted molar refractivity (Wildman–Crippen MR) is 77.6 cm³/mol. The van der Waals surface area contributed by atoms with Gasteiger partial charge in [0, 0.05) is 10.5 Å². The number of rotatable bonds is 4. The lowest BCUT2D eigenvalue weighted by Crippen LogP contribution is -2.25. The Kier molecular flexibility index (Phi) is 4.39. The zero-order valence-electron chi connectivity index (χ0n) is 10.0. The maximum atomic E-state index is 9.22. The van der Waals surface area contributed by atoms with Crippen LogP contribution in [-0.2, 0) is 12.8 Å². The molecular weight excluding hydrogens is 290 g/mol. The molecule has 0 amide bonds. The third-order valence-electron chi connectivity index (χ3n) is 2.82. The van der Waals surface area contributed by atoms with Crippen molar-refractivity contribution >= 4 is 15.9 Å². The van der Waals surface area contributed by atoms with E-state index in [1.165, 1.54) is 5.56 Å². The zero-order chi connectivity index (χ0) is 13.0. The number of aromatic hydroxyl groups is 1. The van der Waals surface area contributed by atoms with E-state index in [1.807, 2.05) is 24.3 Å². The summed E-state index contributed by atoms with van der Waals surface area (Å²) in [5, 5.41) is 9.22. The van der Waals surface area contributed by atoms with Gasteiger partial charge in [-0.15, -0.1) is 0 Å². The molecule has 0 heterocycles. The maximum absolute atomic E-state index is 9.22. The fourth-order valence-corrected chi connectivity index (χ4v) is 2.42. The molecule has 18 heavy (non-hydrogen) atoms. The van der Waals surface area contributed by atoms with Gasteiger partial charge >= 0.3 is 0 Å². The minimum absolute atomic E-state index is 0.0869. The highest BCUT2D eigenvalue weighted by Crippen LogP contribution is 2.15. The summed E-state index contributed by atoms with van der Waals surface area (Å²) >= 11 is 3.46. The van der Waals surface area contributed by atoms with Crippen LogP contribution >= 0.6 is 15.9 Å². The summed E-state index contributed by atoms with van der Waals surface area (Å²) in [5.41, 5.74) is 8.53. The molecule has 0 aliphatic carbocycles. The number of phenolic OH excluding ortho intramolecular Hbond substituents is 1. The van der Waals surface area contributed by atoms with Crippen molar-refractivity contribution < 1.29 is 5.11 Å². The second kappa shape index (κ2) is 6.03. The van der Waals surface area contributed by atoms with E-state index in [-0.39, 0.29) is 6.04 Å². The van der Waals surface area contributed by atoms with Gasteiger partial charge in [0.15, 0.2) is 0 Å². The standard InChI is InChI=1S/C15H16BrNO/c16-13-3-1-2-12(8-13)10-14(17)9-11-4-6-15(18)7-5-11/h1-8,14,18H,9-10,17H2. The smallest absolute Gasteiger partial charge is 0.115 e. The first-order valence-electron chi connectivity index (χ1n) is 5.91. The first-order valence-corrected chi connectivity index (χ1v) is 6.71. The van der Waals surface area contributed by atoms with Gasteiger partial charge < -0.3 is 10.8 Å². The lowest BCUT2D eigenvalue weighted by Gasteiger charge is -2.12. The molecule has 3 N–H and O–H groups in total. The van der Waals surface area contributed by atoms with Crippen LogP contribution in [0.15, 0.2) is 53.0 Å². The average Bonchev–Trinajstić information content (AvgIpc) is 2.32. The van der Waals surface area contributed by atoms with Crippen LogP contribution in [0.2, 0.25) is 0 Å². The highest BCUT2D eigenvalue weighted by molar-refractivity contribution is 9.10. The van der Waals surface area contributed by atoms with Gasteiger partial charge in [-0.2, -0.15) is 0 Å². The zero-order valence-corrected chi connectivity index (χ0v) is 11.6. The molecule has 0 spiro atoms. The van der Waals surface area contributed by atoms with Crippen molar-refractivity contribution in [2.45, 2.75) is 18.9 Å². The van der Waals surface area contributed by atoms with Crippen molar-refractivity contribution in [3.63, 3.8) is 0 Å². The predicted octanol–water partition coefficient (Wildman–Crippen LogP) is 3.27. The Hall–Kier alpha value is -1.32. The molecule has 2 aromatic rings. The fraction of sp³-hybridized carbons (Fsp3) is 0.200. The first-order chi connectivity index (χ1) is 8.63. The number of hydrogen-bond donors (Lipinski definition) is 2. The number of nitrogens with two attached hydrogens (primary N) is 1. The molecule has 2 aromatic carbocycles. The van der Waals surface area contributed by atoms with Crippen LogP contribution < -0.4 is 5.73 Å². The lowest BCUT2D eigenvalue weighted by atomic mass is 10.00. The van der Waals surface area contributed by atoms with Gasteiger partial charge in [0.2, 0.25) is 0 Å². The minimum Gasteiger partial charge on any atom is -0.508 e. The number of hydrogen-bond acceptors (Lipinski definition) is 2. The number of halogens is 1. The van der Waals surface area contributed by atoms with Crippen LogP contribution in [0, 0.1) is 0 Å². The van der Waals surface area contributed by atoms with Gasteiger partial charge in [-0.1, -0.05) is 40.2 Å². The second-order valence-corrected chi connectivity index (χ2v) is 5.38.